The van der Waals surface area contributed by atoms with Gasteiger partial charge in [-0.3, -0.25) is 4.79 Å². The molecule has 0 aromatic heterocycles. The summed E-state index contributed by atoms with van der Waals surface area (Å²) in [6.45, 7) is 2.94. The molecule has 110 valence electrons. The van der Waals surface area contributed by atoms with Crippen molar-refractivity contribution in [2.75, 3.05) is 13.7 Å². The maximum Gasteiger partial charge on any atom is 0.339 e. The Labute approximate surface area is 118 Å². The van der Waals surface area contributed by atoms with Gasteiger partial charge in [-0.2, -0.15) is 0 Å². The lowest BCUT2D eigenvalue weighted by atomic mass is 10.00. The summed E-state index contributed by atoms with van der Waals surface area (Å²) < 4.78 is 4.46. The van der Waals surface area contributed by atoms with Crippen molar-refractivity contribution in [2.24, 2.45) is 5.92 Å². The Morgan fingerprint density at radius 3 is 2.50 bits per heavy atom. The van der Waals surface area contributed by atoms with Gasteiger partial charge in [-0.25, -0.2) is 4.79 Å². The van der Waals surface area contributed by atoms with E-state index in [1.165, 1.54) is 14.0 Å². The minimum atomic E-state index is -1.71. The smallest absolute Gasteiger partial charge is 0.339 e. The van der Waals surface area contributed by atoms with Gasteiger partial charge in [-0.15, -0.1) is 0 Å². The highest BCUT2D eigenvalue weighted by Gasteiger charge is 2.32. The zero-order valence-electron chi connectivity index (χ0n) is 12.1. The van der Waals surface area contributed by atoms with E-state index in [-0.39, 0.29) is 18.4 Å². The number of rotatable bonds is 6. The summed E-state index contributed by atoms with van der Waals surface area (Å²) in [6, 6.07) is 9.66. The monoisotopic (exact) mass is 279 g/mol. The van der Waals surface area contributed by atoms with Crippen molar-refractivity contribution in [3.63, 3.8) is 0 Å². The second kappa shape index (κ2) is 7.05. The van der Waals surface area contributed by atoms with Gasteiger partial charge in [0.15, 0.2) is 5.60 Å². The molecule has 5 heteroatoms. The molecule has 0 aliphatic carbocycles. The molecule has 2 atom stereocenters. The number of ether oxygens (including phenoxy) is 1. The summed E-state index contributed by atoms with van der Waals surface area (Å²) in [5, 5.41) is 12.4. The van der Waals surface area contributed by atoms with Crippen LogP contribution in [0, 0.1) is 5.92 Å². The highest BCUT2D eigenvalue weighted by molar-refractivity contribution is 5.82. The molecule has 1 aromatic rings. The molecular weight excluding hydrogens is 258 g/mol. The van der Waals surface area contributed by atoms with Crippen LogP contribution in [0.5, 0.6) is 0 Å². The van der Waals surface area contributed by atoms with Crippen molar-refractivity contribution < 1.29 is 19.4 Å². The third-order valence-electron chi connectivity index (χ3n) is 3.06. The first-order chi connectivity index (χ1) is 9.36. The molecule has 0 aliphatic rings. The van der Waals surface area contributed by atoms with E-state index in [1.807, 2.05) is 30.3 Å². The van der Waals surface area contributed by atoms with E-state index in [0.717, 1.165) is 5.56 Å². The van der Waals surface area contributed by atoms with E-state index in [1.54, 1.807) is 6.92 Å². The maximum atomic E-state index is 11.9. The molecule has 5 nitrogen and oxygen atoms in total. The number of amides is 1. The van der Waals surface area contributed by atoms with Crippen LogP contribution < -0.4 is 5.32 Å². The van der Waals surface area contributed by atoms with Crippen LogP contribution in [0.4, 0.5) is 0 Å². The van der Waals surface area contributed by atoms with Crippen LogP contribution in [0.3, 0.4) is 0 Å². The summed E-state index contributed by atoms with van der Waals surface area (Å²) in [7, 11) is 1.19. The Kier molecular flexibility index (Phi) is 5.70. The third-order valence-corrected chi connectivity index (χ3v) is 3.06. The van der Waals surface area contributed by atoms with Gasteiger partial charge in [0, 0.05) is 5.92 Å². The van der Waals surface area contributed by atoms with E-state index in [2.05, 4.69) is 10.1 Å². The van der Waals surface area contributed by atoms with Crippen molar-refractivity contribution in [2.45, 2.75) is 25.9 Å². The molecule has 0 unspecified atom stereocenters. The Morgan fingerprint density at radius 2 is 1.95 bits per heavy atom. The zero-order valence-corrected chi connectivity index (χ0v) is 12.1. The molecule has 0 bridgehead atoms. The number of hydrogen-bond acceptors (Lipinski definition) is 4. The lowest BCUT2D eigenvalue weighted by Gasteiger charge is -2.21. The van der Waals surface area contributed by atoms with Gasteiger partial charge in [0.1, 0.15) is 0 Å². The molecule has 0 aliphatic heterocycles. The summed E-state index contributed by atoms with van der Waals surface area (Å²) in [6.07, 6.45) is 0.604. The average molecular weight is 279 g/mol. The molecular formula is C15H21NO4. The van der Waals surface area contributed by atoms with Crippen LogP contribution in [-0.4, -0.2) is 36.2 Å². The molecule has 1 aromatic carbocycles. The van der Waals surface area contributed by atoms with Gasteiger partial charge in [-0.05, 0) is 18.9 Å². The molecule has 0 radical (unpaired) electrons. The minimum absolute atomic E-state index is 0.169. The van der Waals surface area contributed by atoms with E-state index in [0.29, 0.717) is 6.42 Å². The maximum absolute atomic E-state index is 11.9. The third kappa shape index (κ3) is 4.66. The van der Waals surface area contributed by atoms with Crippen LogP contribution in [0.1, 0.15) is 19.4 Å². The van der Waals surface area contributed by atoms with Crippen molar-refractivity contribution in [3.05, 3.63) is 35.9 Å². The number of aliphatic hydroxyl groups is 1. The summed E-state index contributed by atoms with van der Waals surface area (Å²) in [5.41, 5.74) is -0.647. The lowest BCUT2D eigenvalue weighted by Crippen LogP contribution is -2.48. The van der Waals surface area contributed by atoms with E-state index in [9.17, 15) is 14.7 Å². The molecule has 0 fully saturated rings. The molecule has 20 heavy (non-hydrogen) atoms. The topological polar surface area (TPSA) is 75.6 Å². The lowest BCUT2D eigenvalue weighted by molar-refractivity contribution is -0.160. The van der Waals surface area contributed by atoms with E-state index >= 15 is 0 Å². The van der Waals surface area contributed by atoms with Gasteiger partial charge in [0.25, 0.3) is 0 Å². The summed E-state index contributed by atoms with van der Waals surface area (Å²) in [4.78, 5) is 23.2. The van der Waals surface area contributed by atoms with Crippen molar-refractivity contribution in [1.29, 1.82) is 0 Å². The fraction of sp³-hybridized carbons (Fsp3) is 0.467. The van der Waals surface area contributed by atoms with Crippen LogP contribution >= 0.6 is 0 Å². The summed E-state index contributed by atoms with van der Waals surface area (Å²) >= 11 is 0. The van der Waals surface area contributed by atoms with Gasteiger partial charge in [0.2, 0.25) is 5.91 Å². The van der Waals surface area contributed by atoms with Crippen LogP contribution in [0.15, 0.2) is 30.3 Å². The predicted molar refractivity (Wildman–Crippen MR) is 75.0 cm³/mol. The standard InChI is InChI=1S/C15H21NO4/c1-11(9-12-7-5-4-6-8-12)13(17)16-10-15(2,19)14(18)20-3/h4-8,11,19H,9-10H2,1-3H3,(H,16,17)/t11-,15+/m0/s1. The highest BCUT2D eigenvalue weighted by Crippen LogP contribution is 2.09. The van der Waals surface area contributed by atoms with Gasteiger partial charge >= 0.3 is 5.97 Å². The predicted octanol–water partition coefficient (Wildman–Crippen LogP) is 0.905. The van der Waals surface area contributed by atoms with Gasteiger partial charge in [0.05, 0.1) is 13.7 Å². The number of carbonyl (C=O) groups excluding carboxylic acids is 2. The highest BCUT2D eigenvalue weighted by atomic mass is 16.5. The first kappa shape index (κ1) is 16.2. The Hall–Kier alpha value is -1.88. The molecule has 1 rings (SSSR count). The number of nitrogens with one attached hydrogen (secondary N) is 1. The molecule has 1 amide bonds. The fourth-order valence-corrected chi connectivity index (χ4v) is 1.79. The number of benzene rings is 1. The van der Waals surface area contributed by atoms with Gasteiger partial charge < -0.3 is 15.2 Å². The van der Waals surface area contributed by atoms with Crippen LogP contribution in [0.25, 0.3) is 0 Å². The van der Waals surface area contributed by atoms with Crippen LogP contribution in [-0.2, 0) is 20.7 Å². The second-order valence-electron chi connectivity index (χ2n) is 5.07. The number of carbonyl (C=O) groups is 2. The zero-order chi connectivity index (χ0) is 15.2. The van der Waals surface area contributed by atoms with E-state index < -0.39 is 11.6 Å². The number of hydrogen-bond donors (Lipinski definition) is 2. The van der Waals surface area contributed by atoms with Gasteiger partial charge in [-0.1, -0.05) is 37.3 Å². The molecule has 0 saturated carbocycles. The molecule has 0 spiro atoms. The van der Waals surface area contributed by atoms with Crippen molar-refractivity contribution in [3.8, 4) is 0 Å². The first-order valence-corrected chi connectivity index (χ1v) is 6.49. The van der Waals surface area contributed by atoms with Crippen LogP contribution in [0.2, 0.25) is 0 Å². The Balaban J connectivity index is 2.48. The molecule has 2 N–H and O–H groups in total. The molecule has 0 saturated heterocycles. The Morgan fingerprint density at radius 1 is 1.35 bits per heavy atom. The van der Waals surface area contributed by atoms with Crippen molar-refractivity contribution in [1.82, 2.24) is 5.32 Å². The Bertz CT molecular complexity index is 456. The normalized spacial score (nSPS) is 15.0. The molecule has 0 heterocycles. The summed E-state index contributed by atoms with van der Waals surface area (Å²) in [5.74, 6) is -1.22. The SMILES string of the molecule is COC(=O)[C@](C)(O)CNC(=O)[C@@H](C)Cc1ccccc1. The number of esters is 1. The first-order valence-electron chi connectivity index (χ1n) is 6.49. The average Bonchev–Trinajstić information content (AvgIpc) is 2.44. The van der Waals surface area contributed by atoms with Crippen molar-refractivity contribution >= 4 is 11.9 Å². The minimum Gasteiger partial charge on any atom is -0.467 e. The number of methoxy groups -OCH3 is 1. The largest absolute Gasteiger partial charge is 0.467 e. The fourth-order valence-electron chi connectivity index (χ4n) is 1.79. The quantitative estimate of drug-likeness (QED) is 0.759. The second-order valence-corrected chi connectivity index (χ2v) is 5.07. The van der Waals surface area contributed by atoms with E-state index in [4.69, 9.17) is 0 Å².